The number of carbonyl (C=O) groups is 2. The summed E-state index contributed by atoms with van der Waals surface area (Å²) in [5, 5.41) is 0. The van der Waals surface area contributed by atoms with Gasteiger partial charge >= 0.3 is 11.9 Å². The van der Waals surface area contributed by atoms with Crippen LogP contribution >= 0.6 is 0 Å². The Morgan fingerprint density at radius 1 is 1.35 bits per heavy atom. The Labute approximate surface area is 99.5 Å². The van der Waals surface area contributed by atoms with Gasteiger partial charge in [0.25, 0.3) is 0 Å². The Hall–Kier alpha value is -1.84. The predicted octanol–water partition coefficient (Wildman–Crippen LogP) is 1.83. The maximum atomic E-state index is 11.5. The number of hydrogen-bond donors (Lipinski definition) is 0. The summed E-state index contributed by atoms with van der Waals surface area (Å²) in [6.07, 6.45) is 0.861. The van der Waals surface area contributed by atoms with Crippen LogP contribution in [-0.4, -0.2) is 18.0 Å². The number of esters is 2. The van der Waals surface area contributed by atoms with Crippen molar-refractivity contribution in [3.63, 3.8) is 0 Å². The van der Waals surface area contributed by atoms with Crippen molar-refractivity contribution in [3.05, 3.63) is 35.9 Å². The lowest BCUT2D eigenvalue weighted by Crippen LogP contribution is -2.15. The molecule has 0 saturated carbocycles. The molecule has 90 valence electrons. The third kappa shape index (κ3) is 3.59. The highest BCUT2D eigenvalue weighted by Gasteiger charge is 2.26. The Balaban J connectivity index is 1.73. The second-order valence-electron chi connectivity index (χ2n) is 4.00. The summed E-state index contributed by atoms with van der Waals surface area (Å²) in [6, 6.07) is 9.47. The molecule has 1 aliphatic heterocycles. The third-order valence-corrected chi connectivity index (χ3v) is 2.61. The summed E-state index contributed by atoms with van der Waals surface area (Å²) < 4.78 is 10.0. The molecule has 0 amide bonds. The second kappa shape index (κ2) is 5.48. The average molecular weight is 234 g/mol. The minimum Gasteiger partial charge on any atom is -0.462 e. The molecule has 1 aliphatic rings. The van der Waals surface area contributed by atoms with E-state index in [0.29, 0.717) is 12.8 Å². The molecule has 2 rings (SSSR count). The lowest BCUT2D eigenvalue weighted by Gasteiger charge is -2.09. The van der Waals surface area contributed by atoms with E-state index in [-0.39, 0.29) is 31.1 Å². The van der Waals surface area contributed by atoms with Gasteiger partial charge < -0.3 is 9.47 Å². The normalized spacial score (nSPS) is 18.8. The van der Waals surface area contributed by atoms with Crippen molar-refractivity contribution < 1.29 is 19.1 Å². The molecule has 0 unspecified atom stereocenters. The fourth-order valence-corrected chi connectivity index (χ4v) is 1.71. The molecule has 1 aromatic rings. The van der Waals surface area contributed by atoms with Crippen molar-refractivity contribution in [1.82, 2.24) is 0 Å². The maximum Gasteiger partial charge on any atom is 0.309 e. The minimum absolute atomic E-state index is 0.151. The third-order valence-electron chi connectivity index (χ3n) is 2.61. The number of ether oxygens (including phenoxy) is 2. The van der Waals surface area contributed by atoms with E-state index in [0.717, 1.165) is 5.56 Å². The van der Waals surface area contributed by atoms with Gasteiger partial charge in [-0.25, -0.2) is 0 Å². The standard InChI is InChI=1S/C13H14O4/c14-12-7-6-11(17-12)8-13(15)16-9-10-4-2-1-3-5-10/h1-5,11H,6-9H2/t11-/m1/s1. The number of rotatable bonds is 4. The quantitative estimate of drug-likeness (QED) is 0.746. The molecular formula is C13H14O4. The highest BCUT2D eigenvalue weighted by molar-refractivity contribution is 5.74. The average Bonchev–Trinajstić information content (AvgIpc) is 2.73. The predicted molar refractivity (Wildman–Crippen MR) is 60.0 cm³/mol. The van der Waals surface area contributed by atoms with Crippen LogP contribution in [0.3, 0.4) is 0 Å². The first kappa shape index (κ1) is 11.6. The minimum atomic E-state index is -0.325. The van der Waals surface area contributed by atoms with Crippen LogP contribution in [0.2, 0.25) is 0 Å². The number of hydrogen-bond acceptors (Lipinski definition) is 4. The molecule has 17 heavy (non-hydrogen) atoms. The summed E-state index contributed by atoms with van der Waals surface area (Å²) in [7, 11) is 0. The molecular weight excluding hydrogens is 220 g/mol. The zero-order valence-electron chi connectivity index (χ0n) is 9.43. The smallest absolute Gasteiger partial charge is 0.309 e. The molecule has 0 radical (unpaired) electrons. The molecule has 1 heterocycles. The van der Waals surface area contributed by atoms with Gasteiger partial charge in [-0.2, -0.15) is 0 Å². The van der Waals surface area contributed by atoms with Crippen LogP contribution in [-0.2, 0) is 25.7 Å². The fraction of sp³-hybridized carbons (Fsp3) is 0.385. The first-order chi connectivity index (χ1) is 8.24. The van der Waals surface area contributed by atoms with E-state index in [1.165, 1.54) is 0 Å². The molecule has 0 aromatic heterocycles. The van der Waals surface area contributed by atoms with Crippen molar-refractivity contribution in [2.24, 2.45) is 0 Å². The summed E-state index contributed by atoms with van der Waals surface area (Å²) in [5.41, 5.74) is 0.948. The number of cyclic esters (lactones) is 1. The van der Waals surface area contributed by atoms with Crippen LogP contribution in [0.15, 0.2) is 30.3 Å². The molecule has 4 nitrogen and oxygen atoms in total. The highest BCUT2D eigenvalue weighted by atomic mass is 16.6. The summed E-state index contributed by atoms with van der Waals surface area (Å²) in [4.78, 5) is 22.3. The van der Waals surface area contributed by atoms with Gasteiger partial charge in [-0.15, -0.1) is 0 Å². The van der Waals surface area contributed by atoms with E-state index in [2.05, 4.69) is 0 Å². The summed E-state index contributed by atoms with van der Waals surface area (Å²) >= 11 is 0. The first-order valence-electron chi connectivity index (χ1n) is 5.63. The first-order valence-corrected chi connectivity index (χ1v) is 5.63. The van der Waals surface area contributed by atoms with Gasteiger partial charge in [0.05, 0.1) is 6.42 Å². The Morgan fingerprint density at radius 2 is 2.12 bits per heavy atom. The Kier molecular flexibility index (Phi) is 3.75. The van der Waals surface area contributed by atoms with E-state index in [1.54, 1.807) is 0 Å². The second-order valence-corrected chi connectivity index (χ2v) is 4.00. The maximum absolute atomic E-state index is 11.5. The van der Waals surface area contributed by atoms with E-state index >= 15 is 0 Å². The Bertz CT molecular complexity index is 399. The summed E-state index contributed by atoms with van der Waals surface area (Å²) in [5.74, 6) is -0.556. The van der Waals surface area contributed by atoms with Gasteiger partial charge in [0.2, 0.25) is 0 Å². The number of benzene rings is 1. The highest BCUT2D eigenvalue weighted by Crippen LogP contribution is 2.17. The zero-order valence-corrected chi connectivity index (χ0v) is 9.43. The molecule has 1 fully saturated rings. The van der Waals surface area contributed by atoms with Crippen LogP contribution < -0.4 is 0 Å². The topological polar surface area (TPSA) is 52.6 Å². The van der Waals surface area contributed by atoms with Crippen molar-refractivity contribution in [3.8, 4) is 0 Å². The molecule has 4 heteroatoms. The lowest BCUT2D eigenvalue weighted by molar-refractivity contribution is -0.150. The van der Waals surface area contributed by atoms with Gasteiger partial charge in [-0.3, -0.25) is 9.59 Å². The monoisotopic (exact) mass is 234 g/mol. The molecule has 0 bridgehead atoms. The Morgan fingerprint density at radius 3 is 2.76 bits per heavy atom. The zero-order chi connectivity index (χ0) is 12.1. The molecule has 0 spiro atoms. The van der Waals surface area contributed by atoms with E-state index in [9.17, 15) is 9.59 Å². The van der Waals surface area contributed by atoms with Crippen LogP contribution in [0.5, 0.6) is 0 Å². The lowest BCUT2D eigenvalue weighted by atomic mass is 10.2. The molecule has 1 atom stereocenters. The van der Waals surface area contributed by atoms with E-state index in [4.69, 9.17) is 9.47 Å². The van der Waals surface area contributed by atoms with Crippen molar-refractivity contribution in [2.75, 3.05) is 0 Å². The van der Waals surface area contributed by atoms with Crippen molar-refractivity contribution in [2.45, 2.75) is 32.0 Å². The molecule has 1 saturated heterocycles. The van der Waals surface area contributed by atoms with Gasteiger partial charge in [-0.05, 0) is 12.0 Å². The molecule has 0 aliphatic carbocycles. The van der Waals surface area contributed by atoms with Crippen LogP contribution in [0, 0.1) is 0 Å². The SMILES string of the molecule is O=C(C[C@H]1CCC(=O)O1)OCc1ccccc1. The summed E-state index contributed by atoms with van der Waals surface area (Å²) in [6.45, 7) is 0.264. The van der Waals surface area contributed by atoms with Gasteiger partial charge in [0.1, 0.15) is 12.7 Å². The van der Waals surface area contributed by atoms with Crippen molar-refractivity contribution >= 4 is 11.9 Å². The number of carbonyl (C=O) groups excluding carboxylic acids is 2. The van der Waals surface area contributed by atoms with Gasteiger partial charge in [-0.1, -0.05) is 30.3 Å². The largest absolute Gasteiger partial charge is 0.462 e. The van der Waals surface area contributed by atoms with Gasteiger partial charge in [0, 0.05) is 6.42 Å². The van der Waals surface area contributed by atoms with Crippen LogP contribution in [0.1, 0.15) is 24.8 Å². The van der Waals surface area contributed by atoms with E-state index < -0.39 is 0 Å². The van der Waals surface area contributed by atoms with Crippen molar-refractivity contribution in [1.29, 1.82) is 0 Å². The van der Waals surface area contributed by atoms with Crippen LogP contribution in [0.4, 0.5) is 0 Å². The molecule has 1 aromatic carbocycles. The van der Waals surface area contributed by atoms with Crippen LogP contribution in [0.25, 0.3) is 0 Å². The van der Waals surface area contributed by atoms with E-state index in [1.807, 2.05) is 30.3 Å². The fourth-order valence-electron chi connectivity index (χ4n) is 1.71. The van der Waals surface area contributed by atoms with Gasteiger partial charge in [0.15, 0.2) is 0 Å². The molecule has 0 N–H and O–H groups in total.